The molecule has 0 unspecified atom stereocenters. The zero-order valence-electron chi connectivity index (χ0n) is 9.03. The summed E-state index contributed by atoms with van der Waals surface area (Å²) in [5.74, 6) is -0.216. The molecule has 0 saturated carbocycles. The Morgan fingerprint density at radius 2 is 2.06 bits per heavy atom. The van der Waals surface area contributed by atoms with Gasteiger partial charge >= 0.3 is 0 Å². The lowest BCUT2D eigenvalue weighted by molar-refractivity contribution is 0.628. The molecular formula is C12H13FN2S. The molecule has 2 rings (SSSR count). The van der Waals surface area contributed by atoms with Crippen LogP contribution < -0.4 is 5.32 Å². The van der Waals surface area contributed by atoms with E-state index >= 15 is 0 Å². The number of rotatable bonds is 4. The second-order valence-corrected chi connectivity index (χ2v) is 4.36. The second kappa shape index (κ2) is 5.18. The van der Waals surface area contributed by atoms with Gasteiger partial charge in [-0.1, -0.05) is 6.92 Å². The van der Waals surface area contributed by atoms with Gasteiger partial charge in [-0.3, -0.25) is 0 Å². The first-order valence-corrected chi connectivity index (χ1v) is 6.08. The molecule has 0 radical (unpaired) electrons. The van der Waals surface area contributed by atoms with Crippen molar-refractivity contribution < 1.29 is 4.39 Å². The Morgan fingerprint density at radius 1 is 1.31 bits per heavy atom. The number of thiazole rings is 1. The molecule has 0 aliphatic rings. The van der Waals surface area contributed by atoms with Crippen LogP contribution >= 0.6 is 11.3 Å². The number of hydrogen-bond donors (Lipinski definition) is 1. The monoisotopic (exact) mass is 236 g/mol. The highest BCUT2D eigenvalue weighted by Gasteiger charge is 2.03. The normalized spacial score (nSPS) is 10.6. The standard InChI is InChI=1S/C12H13FN2S/c1-2-14-7-12-15-11(8-16-12)9-3-5-10(13)6-4-9/h3-6,8,14H,2,7H2,1H3. The van der Waals surface area contributed by atoms with Crippen molar-refractivity contribution >= 4 is 11.3 Å². The molecule has 16 heavy (non-hydrogen) atoms. The zero-order valence-corrected chi connectivity index (χ0v) is 9.85. The highest BCUT2D eigenvalue weighted by atomic mass is 32.1. The highest BCUT2D eigenvalue weighted by Crippen LogP contribution is 2.21. The van der Waals surface area contributed by atoms with Crippen molar-refractivity contribution in [2.75, 3.05) is 6.54 Å². The topological polar surface area (TPSA) is 24.9 Å². The molecule has 0 aliphatic heterocycles. The van der Waals surface area contributed by atoms with Gasteiger partial charge in [-0.25, -0.2) is 9.37 Å². The van der Waals surface area contributed by atoms with Crippen LogP contribution in [0.25, 0.3) is 11.3 Å². The fraction of sp³-hybridized carbons (Fsp3) is 0.250. The quantitative estimate of drug-likeness (QED) is 0.882. The van der Waals surface area contributed by atoms with Gasteiger partial charge in [-0.15, -0.1) is 11.3 Å². The summed E-state index contributed by atoms with van der Waals surface area (Å²) in [5, 5.41) is 6.28. The molecule has 84 valence electrons. The van der Waals surface area contributed by atoms with E-state index in [0.717, 1.165) is 29.4 Å². The van der Waals surface area contributed by atoms with E-state index in [-0.39, 0.29) is 5.82 Å². The summed E-state index contributed by atoms with van der Waals surface area (Å²) >= 11 is 1.62. The molecule has 1 heterocycles. The van der Waals surface area contributed by atoms with Crippen LogP contribution in [-0.4, -0.2) is 11.5 Å². The van der Waals surface area contributed by atoms with Gasteiger partial charge in [0.1, 0.15) is 10.8 Å². The maximum absolute atomic E-state index is 12.7. The molecule has 2 nitrogen and oxygen atoms in total. The first kappa shape index (κ1) is 11.2. The summed E-state index contributed by atoms with van der Waals surface area (Å²) in [6, 6.07) is 6.42. The Labute approximate surface area is 98.2 Å². The van der Waals surface area contributed by atoms with Crippen LogP contribution in [0.1, 0.15) is 11.9 Å². The van der Waals surface area contributed by atoms with Gasteiger partial charge in [0.15, 0.2) is 0 Å². The van der Waals surface area contributed by atoms with Crippen molar-refractivity contribution in [2.24, 2.45) is 0 Å². The summed E-state index contributed by atoms with van der Waals surface area (Å²) in [6.45, 7) is 3.79. The summed E-state index contributed by atoms with van der Waals surface area (Å²) in [5.41, 5.74) is 1.87. The molecule has 2 aromatic rings. The maximum atomic E-state index is 12.7. The Morgan fingerprint density at radius 3 is 2.75 bits per heavy atom. The van der Waals surface area contributed by atoms with E-state index in [1.54, 1.807) is 23.5 Å². The van der Waals surface area contributed by atoms with E-state index in [4.69, 9.17) is 0 Å². The lowest BCUT2D eigenvalue weighted by Gasteiger charge is -1.97. The molecule has 0 spiro atoms. The van der Waals surface area contributed by atoms with Gasteiger partial charge in [0.2, 0.25) is 0 Å². The van der Waals surface area contributed by atoms with E-state index in [0.29, 0.717) is 0 Å². The smallest absolute Gasteiger partial charge is 0.123 e. The number of nitrogens with one attached hydrogen (secondary N) is 1. The molecule has 1 aromatic heterocycles. The van der Waals surface area contributed by atoms with Gasteiger partial charge in [0.25, 0.3) is 0 Å². The highest BCUT2D eigenvalue weighted by molar-refractivity contribution is 7.09. The Hall–Kier alpha value is -1.26. The van der Waals surface area contributed by atoms with Gasteiger partial charge in [0.05, 0.1) is 5.69 Å². The van der Waals surface area contributed by atoms with E-state index in [1.807, 2.05) is 5.38 Å². The lowest BCUT2D eigenvalue weighted by atomic mass is 10.2. The zero-order chi connectivity index (χ0) is 11.4. The van der Waals surface area contributed by atoms with Crippen LogP contribution in [0.5, 0.6) is 0 Å². The minimum absolute atomic E-state index is 0.216. The van der Waals surface area contributed by atoms with Crippen molar-refractivity contribution in [3.05, 3.63) is 40.5 Å². The van der Waals surface area contributed by atoms with Crippen molar-refractivity contribution in [2.45, 2.75) is 13.5 Å². The number of halogens is 1. The average molecular weight is 236 g/mol. The summed E-state index contributed by atoms with van der Waals surface area (Å²) in [4.78, 5) is 4.48. The van der Waals surface area contributed by atoms with Crippen molar-refractivity contribution in [1.82, 2.24) is 10.3 Å². The van der Waals surface area contributed by atoms with Crippen LogP contribution in [0.15, 0.2) is 29.6 Å². The van der Waals surface area contributed by atoms with Gasteiger partial charge in [-0.05, 0) is 30.8 Å². The minimum atomic E-state index is -0.216. The van der Waals surface area contributed by atoms with Crippen LogP contribution in [0.2, 0.25) is 0 Å². The number of hydrogen-bond acceptors (Lipinski definition) is 3. The number of nitrogens with zero attached hydrogens (tertiary/aromatic N) is 1. The Bertz CT molecular complexity index is 450. The van der Waals surface area contributed by atoms with Crippen LogP contribution in [0, 0.1) is 5.82 Å². The van der Waals surface area contributed by atoms with Crippen LogP contribution in [0.4, 0.5) is 4.39 Å². The van der Waals surface area contributed by atoms with Crippen LogP contribution in [0.3, 0.4) is 0 Å². The van der Waals surface area contributed by atoms with Gasteiger partial charge in [-0.2, -0.15) is 0 Å². The molecule has 0 aliphatic carbocycles. The second-order valence-electron chi connectivity index (χ2n) is 3.41. The molecule has 0 atom stereocenters. The summed E-state index contributed by atoms with van der Waals surface area (Å²) < 4.78 is 12.7. The number of benzene rings is 1. The van der Waals surface area contributed by atoms with Crippen LogP contribution in [-0.2, 0) is 6.54 Å². The molecule has 1 N–H and O–H groups in total. The molecule has 0 bridgehead atoms. The SMILES string of the molecule is CCNCc1nc(-c2ccc(F)cc2)cs1. The van der Waals surface area contributed by atoms with E-state index in [2.05, 4.69) is 17.2 Å². The van der Waals surface area contributed by atoms with E-state index < -0.39 is 0 Å². The molecule has 0 amide bonds. The largest absolute Gasteiger partial charge is 0.311 e. The number of aromatic nitrogens is 1. The first-order chi connectivity index (χ1) is 7.79. The summed E-state index contributed by atoms with van der Waals surface area (Å²) in [7, 11) is 0. The lowest BCUT2D eigenvalue weighted by Crippen LogP contribution is -2.11. The molecule has 1 aromatic carbocycles. The predicted octanol–water partition coefficient (Wildman–Crippen LogP) is 3.06. The third-order valence-electron chi connectivity index (χ3n) is 2.22. The van der Waals surface area contributed by atoms with E-state index in [1.165, 1.54) is 12.1 Å². The Balaban J connectivity index is 2.15. The average Bonchev–Trinajstić information content (AvgIpc) is 2.76. The predicted molar refractivity (Wildman–Crippen MR) is 64.9 cm³/mol. The minimum Gasteiger partial charge on any atom is -0.311 e. The Kier molecular flexibility index (Phi) is 3.64. The third-order valence-corrected chi connectivity index (χ3v) is 3.07. The molecule has 4 heteroatoms. The summed E-state index contributed by atoms with van der Waals surface area (Å²) in [6.07, 6.45) is 0. The van der Waals surface area contributed by atoms with Gasteiger partial charge < -0.3 is 5.32 Å². The van der Waals surface area contributed by atoms with Crippen molar-refractivity contribution in [3.8, 4) is 11.3 Å². The molecule has 0 fully saturated rings. The van der Waals surface area contributed by atoms with E-state index in [9.17, 15) is 4.39 Å². The first-order valence-electron chi connectivity index (χ1n) is 5.20. The maximum Gasteiger partial charge on any atom is 0.123 e. The fourth-order valence-electron chi connectivity index (χ4n) is 1.38. The molecular weight excluding hydrogens is 223 g/mol. The molecule has 0 saturated heterocycles. The van der Waals surface area contributed by atoms with Gasteiger partial charge in [0, 0.05) is 17.5 Å². The van der Waals surface area contributed by atoms with Crippen molar-refractivity contribution in [3.63, 3.8) is 0 Å². The fourth-order valence-corrected chi connectivity index (χ4v) is 2.15. The van der Waals surface area contributed by atoms with Crippen molar-refractivity contribution in [1.29, 1.82) is 0 Å². The third kappa shape index (κ3) is 2.65.